The molecule has 0 bridgehead atoms. The zero-order valence-corrected chi connectivity index (χ0v) is 16.2. The van der Waals surface area contributed by atoms with E-state index in [1.807, 2.05) is 37.5 Å². The van der Waals surface area contributed by atoms with Crippen LogP contribution in [0.2, 0.25) is 0 Å². The molecule has 1 heterocycles. The van der Waals surface area contributed by atoms with Gasteiger partial charge in [-0.05, 0) is 56.8 Å². The Morgan fingerprint density at radius 1 is 1.21 bits per heavy atom. The maximum Gasteiger partial charge on any atom is 0.335 e. The Bertz CT molecular complexity index is 1120. The van der Waals surface area contributed by atoms with E-state index in [9.17, 15) is 9.90 Å². The van der Waals surface area contributed by atoms with Gasteiger partial charge in [0.15, 0.2) is 0 Å². The Morgan fingerprint density at radius 2 is 1.96 bits per heavy atom. The molecule has 0 saturated carbocycles. The average Bonchev–Trinajstić information content (AvgIpc) is 3.02. The van der Waals surface area contributed by atoms with E-state index in [1.165, 1.54) is 6.20 Å². The van der Waals surface area contributed by atoms with Crippen molar-refractivity contribution in [2.24, 2.45) is 11.5 Å². The summed E-state index contributed by atoms with van der Waals surface area (Å²) in [5.74, 6) is -0.332. The number of aromatic nitrogens is 2. The minimum absolute atomic E-state index is 0.196. The molecule has 144 valence electrons. The second-order valence-electron chi connectivity index (χ2n) is 6.69. The molecule has 0 unspecified atom stereocenters. The number of aromatic carboxylic acids is 1. The summed E-state index contributed by atoms with van der Waals surface area (Å²) in [4.78, 5) is 16.0. The van der Waals surface area contributed by atoms with E-state index in [-0.39, 0.29) is 5.56 Å². The predicted octanol–water partition coefficient (Wildman–Crippen LogP) is 3.67. The van der Waals surface area contributed by atoms with Crippen molar-refractivity contribution in [2.45, 2.75) is 27.3 Å². The standard InChI is InChI=1S/C22H24N4O2/c1-4-26-19-8-6-15(22(27)28)12-18(19)25-21(26)17(9-10-23)20(24)16-7-5-13(2)11-14(16)3/h5-12H,4,23-24H2,1-3H3,(H,27,28)/b10-9-,20-17+. The van der Waals surface area contributed by atoms with Gasteiger partial charge in [-0.25, -0.2) is 9.78 Å². The average molecular weight is 376 g/mol. The number of nitrogens with two attached hydrogens (primary N) is 2. The molecule has 0 aliphatic carbocycles. The number of carboxylic acids is 1. The van der Waals surface area contributed by atoms with Gasteiger partial charge in [0, 0.05) is 17.7 Å². The molecule has 5 N–H and O–H groups in total. The number of carbonyl (C=O) groups is 1. The van der Waals surface area contributed by atoms with Crippen LogP contribution in [0.4, 0.5) is 0 Å². The third kappa shape index (κ3) is 3.36. The fourth-order valence-corrected chi connectivity index (χ4v) is 3.43. The lowest BCUT2D eigenvalue weighted by Crippen LogP contribution is -2.08. The van der Waals surface area contributed by atoms with Crippen molar-refractivity contribution in [3.05, 3.63) is 76.8 Å². The first-order valence-corrected chi connectivity index (χ1v) is 9.07. The summed E-state index contributed by atoms with van der Waals surface area (Å²) in [5.41, 5.74) is 18.3. The number of allylic oxidation sites excluding steroid dienone is 2. The van der Waals surface area contributed by atoms with Crippen molar-refractivity contribution in [3.8, 4) is 0 Å². The smallest absolute Gasteiger partial charge is 0.335 e. The highest BCUT2D eigenvalue weighted by atomic mass is 16.4. The molecule has 0 atom stereocenters. The van der Waals surface area contributed by atoms with E-state index in [0.717, 1.165) is 22.2 Å². The number of hydrogen-bond donors (Lipinski definition) is 3. The van der Waals surface area contributed by atoms with Crippen LogP contribution in [0.5, 0.6) is 0 Å². The highest BCUT2D eigenvalue weighted by Gasteiger charge is 2.17. The first-order valence-electron chi connectivity index (χ1n) is 9.07. The number of fused-ring (bicyclic) bond motifs is 1. The fourth-order valence-electron chi connectivity index (χ4n) is 3.43. The van der Waals surface area contributed by atoms with Crippen molar-refractivity contribution >= 4 is 28.3 Å². The Morgan fingerprint density at radius 3 is 2.57 bits per heavy atom. The number of carboxylic acid groups (broad SMARTS) is 1. The Labute approximate surface area is 163 Å². The number of nitrogens with zero attached hydrogens (tertiary/aromatic N) is 2. The summed E-state index contributed by atoms with van der Waals surface area (Å²) in [6.07, 6.45) is 3.17. The van der Waals surface area contributed by atoms with Crippen LogP contribution in [-0.4, -0.2) is 20.6 Å². The lowest BCUT2D eigenvalue weighted by molar-refractivity contribution is 0.0697. The molecule has 0 amide bonds. The van der Waals surface area contributed by atoms with Crippen LogP contribution in [0.25, 0.3) is 22.3 Å². The molecule has 6 nitrogen and oxygen atoms in total. The van der Waals surface area contributed by atoms with Gasteiger partial charge in [-0.3, -0.25) is 0 Å². The zero-order valence-electron chi connectivity index (χ0n) is 16.2. The van der Waals surface area contributed by atoms with Crippen molar-refractivity contribution < 1.29 is 9.90 Å². The molecule has 0 saturated heterocycles. The number of hydrogen-bond acceptors (Lipinski definition) is 4. The molecule has 3 rings (SSSR count). The molecule has 3 aromatic rings. The molecular weight excluding hydrogens is 352 g/mol. The normalized spacial score (nSPS) is 12.5. The summed E-state index contributed by atoms with van der Waals surface area (Å²) in [7, 11) is 0. The topological polar surface area (TPSA) is 107 Å². The van der Waals surface area contributed by atoms with Gasteiger partial charge in [-0.2, -0.15) is 0 Å². The molecule has 2 aromatic carbocycles. The number of aryl methyl sites for hydroxylation is 3. The third-order valence-corrected chi connectivity index (χ3v) is 4.78. The minimum Gasteiger partial charge on any atom is -0.478 e. The lowest BCUT2D eigenvalue weighted by atomic mass is 9.99. The second kappa shape index (κ2) is 7.60. The van der Waals surface area contributed by atoms with Crippen LogP contribution >= 0.6 is 0 Å². The van der Waals surface area contributed by atoms with Crippen LogP contribution < -0.4 is 11.5 Å². The minimum atomic E-state index is -0.984. The quantitative estimate of drug-likeness (QED) is 0.589. The summed E-state index contributed by atoms with van der Waals surface area (Å²) >= 11 is 0. The summed E-state index contributed by atoms with van der Waals surface area (Å²) in [5, 5.41) is 9.27. The van der Waals surface area contributed by atoms with E-state index in [2.05, 4.69) is 6.07 Å². The van der Waals surface area contributed by atoms with Crippen molar-refractivity contribution in [1.29, 1.82) is 0 Å². The van der Waals surface area contributed by atoms with Gasteiger partial charge in [-0.1, -0.05) is 23.8 Å². The monoisotopic (exact) mass is 376 g/mol. The maximum absolute atomic E-state index is 11.3. The second-order valence-corrected chi connectivity index (χ2v) is 6.69. The molecule has 0 radical (unpaired) electrons. The zero-order chi connectivity index (χ0) is 20.4. The molecule has 0 fully saturated rings. The van der Waals surface area contributed by atoms with Gasteiger partial charge in [0.2, 0.25) is 0 Å². The number of rotatable bonds is 5. The molecule has 0 spiro atoms. The lowest BCUT2D eigenvalue weighted by Gasteiger charge is -2.13. The van der Waals surface area contributed by atoms with Crippen LogP contribution in [0.3, 0.4) is 0 Å². The molecule has 6 heteroatoms. The highest BCUT2D eigenvalue weighted by molar-refractivity contribution is 5.97. The van der Waals surface area contributed by atoms with Gasteiger partial charge in [0.1, 0.15) is 5.82 Å². The summed E-state index contributed by atoms with van der Waals surface area (Å²) < 4.78 is 2.01. The van der Waals surface area contributed by atoms with E-state index in [1.54, 1.807) is 24.3 Å². The van der Waals surface area contributed by atoms with Gasteiger partial charge >= 0.3 is 5.97 Å². The van der Waals surface area contributed by atoms with Crippen molar-refractivity contribution in [3.63, 3.8) is 0 Å². The third-order valence-electron chi connectivity index (χ3n) is 4.78. The molecule has 0 aliphatic rings. The van der Waals surface area contributed by atoms with E-state index < -0.39 is 5.97 Å². The Balaban J connectivity index is 2.29. The molecular formula is C22H24N4O2. The van der Waals surface area contributed by atoms with Crippen molar-refractivity contribution in [2.75, 3.05) is 0 Å². The first-order chi connectivity index (χ1) is 13.4. The predicted molar refractivity (Wildman–Crippen MR) is 113 cm³/mol. The first kappa shape index (κ1) is 19.2. The Hall–Kier alpha value is -3.54. The van der Waals surface area contributed by atoms with Crippen LogP contribution in [-0.2, 0) is 6.54 Å². The molecule has 1 aromatic heterocycles. The van der Waals surface area contributed by atoms with Crippen LogP contribution in [0.15, 0.2) is 48.7 Å². The van der Waals surface area contributed by atoms with Crippen LogP contribution in [0, 0.1) is 13.8 Å². The largest absolute Gasteiger partial charge is 0.478 e. The van der Waals surface area contributed by atoms with Gasteiger partial charge in [0.25, 0.3) is 0 Å². The highest BCUT2D eigenvalue weighted by Crippen LogP contribution is 2.29. The Kier molecular flexibility index (Phi) is 5.22. The maximum atomic E-state index is 11.3. The van der Waals surface area contributed by atoms with E-state index >= 15 is 0 Å². The summed E-state index contributed by atoms with van der Waals surface area (Å²) in [6, 6.07) is 11.0. The molecule has 0 aliphatic heterocycles. The number of imidazole rings is 1. The van der Waals surface area contributed by atoms with Crippen LogP contribution in [0.1, 0.15) is 39.8 Å². The van der Waals surface area contributed by atoms with E-state index in [4.69, 9.17) is 16.5 Å². The fraction of sp³-hybridized carbons (Fsp3) is 0.182. The van der Waals surface area contributed by atoms with Crippen molar-refractivity contribution in [1.82, 2.24) is 9.55 Å². The number of benzene rings is 2. The summed E-state index contributed by atoms with van der Waals surface area (Å²) in [6.45, 7) is 6.71. The van der Waals surface area contributed by atoms with Gasteiger partial charge in [-0.15, -0.1) is 0 Å². The SMILES string of the molecule is CCn1c(C(/C=C\N)=C(/N)c2ccc(C)cc2C)nc2cc(C(=O)O)ccc21. The molecule has 28 heavy (non-hydrogen) atoms. The van der Waals surface area contributed by atoms with Gasteiger partial charge in [0.05, 0.1) is 22.3 Å². The van der Waals surface area contributed by atoms with Gasteiger partial charge < -0.3 is 21.1 Å². The van der Waals surface area contributed by atoms with E-state index in [0.29, 0.717) is 29.2 Å².